The van der Waals surface area contributed by atoms with Gasteiger partial charge in [0.05, 0.1) is 22.5 Å². The predicted molar refractivity (Wildman–Crippen MR) is 164 cm³/mol. The molecule has 45 heavy (non-hydrogen) atoms. The summed E-state index contributed by atoms with van der Waals surface area (Å²) < 4.78 is 0. The fraction of sp³-hybridized carbons (Fsp3) is 0.0270. The standard InChI is InChI=1S/C37H14N8/c38-12-20-1-7-32(44-18-20)22-3-5-26-28(9-22)34(24(14-40)15-41)30-11-31-35(25(16-42)17-43)29-10-23(4-6-27(29)37(31)36(26)30)33-8-2-21(13-39)19-45-33/h1-10,18-19H,11H2. The largest absolute Gasteiger partial charge is 0.255 e. The Morgan fingerprint density at radius 2 is 0.933 bits per heavy atom. The number of nitriles is 6. The van der Waals surface area contributed by atoms with Crippen molar-refractivity contribution < 1.29 is 0 Å². The SMILES string of the molecule is N#CC(C#N)=C1C2=C(C3=C(C2)C(=C(C#N)C#N)c2cc(-c4ccc(C#N)cn4)ccc23)c2ccc(-c3ccc(C#N)cn3)cc21. The lowest BCUT2D eigenvalue weighted by atomic mass is 9.89. The zero-order chi connectivity index (χ0) is 31.2. The first-order valence-corrected chi connectivity index (χ1v) is 13.6. The van der Waals surface area contributed by atoms with Crippen molar-refractivity contribution in [3.05, 3.63) is 129 Å². The number of rotatable bonds is 2. The van der Waals surface area contributed by atoms with Gasteiger partial charge in [-0.2, -0.15) is 31.6 Å². The van der Waals surface area contributed by atoms with Gasteiger partial charge in [-0.05, 0) is 80.9 Å². The van der Waals surface area contributed by atoms with Crippen LogP contribution < -0.4 is 0 Å². The van der Waals surface area contributed by atoms with Crippen LogP contribution in [0.4, 0.5) is 0 Å². The molecule has 8 nitrogen and oxygen atoms in total. The average molecular weight is 571 g/mol. The van der Waals surface area contributed by atoms with Crippen LogP contribution in [0, 0.1) is 68.0 Å². The molecule has 3 aliphatic carbocycles. The van der Waals surface area contributed by atoms with E-state index in [1.54, 1.807) is 24.3 Å². The van der Waals surface area contributed by atoms with Gasteiger partial charge in [-0.25, -0.2) is 0 Å². The molecule has 0 amide bonds. The summed E-state index contributed by atoms with van der Waals surface area (Å²) in [5.74, 6) is 0. The van der Waals surface area contributed by atoms with Crippen LogP contribution in [0.1, 0.15) is 39.8 Å². The fourth-order valence-electron chi connectivity index (χ4n) is 6.36. The van der Waals surface area contributed by atoms with E-state index in [0.29, 0.717) is 40.1 Å². The van der Waals surface area contributed by atoms with Gasteiger partial charge in [0.25, 0.3) is 0 Å². The number of allylic oxidation sites excluding steroid dienone is 8. The zero-order valence-corrected chi connectivity index (χ0v) is 23.2. The minimum absolute atomic E-state index is 0.0267. The highest BCUT2D eigenvalue weighted by Gasteiger charge is 2.43. The van der Waals surface area contributed by atoms with Gasteiger partial charge in [0, 0.05) is 41.1 Å². The minimum Gasteiger partial charge on any atom is -0.255 e. The maximum atomic E-state index is 10.00. The second-order valence-corrected chi connectivity index (χ2v) is 10.4. The number of aromatic nitrogens is 2. The lowest BCUT2D eigenvalue weighted by Crippen LogP contribution is -1.96. The molecular weight excluding hydrogens is 556 g/mol. The molecule has 0 aliphatic heterocycles. The quantitative estimate of drug-likeness (QED) is 0.237. The van der Waals surface area contributed by atoms with Crippen LogP contribution in [0.15, 0.2) is 95.3 Å². The summed E-state index contributed by atoms with van der Waals surface area (Å²) >= 11 is 0. The van der Waals surface area contributed by atoms with Crippen LogP contribution in [0.2, 0.25) is 0 Å². The van der Waals surface area contributed by atoms with Gasteiger partial charge in [-0.15, -0.1) is 0 Å². The molecule has 0 atom stereocenters. The third-order valence-electron chi connectivity index (χ3n) is 8.25. The normalized spacial score (nSPS) is 13.3. The monoisotopic (exact) mass is 570 g/mol. The van der Waals surface area contributed by atoms with Crippen molar-refractivity contribution in [3.63, 3.8) is 0 Å². The third-order valence-corrected chi connectivity index (χ3v) is 8.25. The van der Waals surface area contributed by atoms with E-state index in [1.165, 1.54) is 12.4 Å². The van der Waals surface area contributed by atoms with E-state index in [1.807, 2.05) is 36.4 Å². The summed E-state index contributed by atoms with van der Waals surface area (Å²) in [6, 6.07) is 30.8. The van der Waals surface area contributed by atoms with Gasteiger partial charge in [0.2, 0.25) is 0 Å². The third kappa shape index (κ3) is 3.87. The van der Waals surface area contributed by atoms with Crippen molar-refractivity contribution in [2.75, 3.05) is 0 Å². The number of hydrogen-bond acceptors (Lipinski definition) is 8. The summed E-state index contributed by atoms with van der Waals surface area (Å²) in [7, 11) is 0. The lowest BCUT2D eigenvalue weighted by molar-refractivity contribution is 1.27. The van der Waals surface area contributed by atoms with E-state index < -0.39 is 0 Å². The van der Waals surface area contributed by atoms with Gasteiger partial charge in [-0.1, -0.05) is 24.3 Å². The van der Waals surface area contributed by atoms with Crippen molar-refractivity contribution in [2.24, 2.45) is 0 Å². The first kappa shape index (κ1) is 26.5. The van der Waals surface area contributed by atoms with Crippen LogP contribution in [0.25, 0.3) is 44.8 Å². The van der Waals surface area contributed by atoms with E-state index in [0.717, 1.165) is 55.7 Å². The van der Waals surface area contributed by atoms with E-state index in [4.69, 9.17) is 10.5 Å². The Morgan fingerprint density at radius 1 is 0.511 bits per heavy atom. The highest BCUT2D eigenvalue weighted by Crippen LogP contribution is 2.62. The molecule has 0 unspecified atom stereocenters. The maximum absolute atomic E-state index is 10.00. The first-order chi connectivity index (χ1) is 22.0. The van der Waals surface area contributed by atoms with E-state index in [2.05, 4.69) is 46.4 Å². The fourth-order valence-corrected chi connectivity index (χ4v) is 6.36. The summed E-state index contributed by atoms with van der Waals surface area (Å²) in [5.41, 5.74) is 11.2. The van der Waals surface area contributed by atoms with Crippen LogP contribution in [0.5, 0.6) is 0 Å². The molecule has 0 N–H and O–H groups in total. The molecule has 8 heteroatoms. The molecule has 0 saturated carbocycles. The molecule has 2 aromatic heterocycles. The van der Waals surface area contributed by atoms with Crippen molar-refractivity contribution >= 4 is 22.3 Å². The van der Waals surface area contributed by atoms with E-state index in [-0.39, 0.29) is 11.1 Å². The van der Waals surface area contributed by atoms with Gasteiger partial charge in [-0.3, -0.25) is 9.97 Å². The molecule has 0 bridgehead atoms. The maximum Gasteiger partial charge on any atom is 0.137 e. The van der Waals surface area contributed by atoms with Crippen LogP contribution >= 0.6 is 0 Å². The Morgan fingerprint density at radius 3 is 1.27 bits per heavy atom. The molecule has 202 valence electrons. The number of fused-ring (bicyclic) bond motifs is 5. The van der Waals surface area contributed by atoms with Crippen LogP contribution in [-0.4, -0.2) is 9.97 Å². The van der Waals surface area contributed by atoms with Gasteiger partial charge in [0.15, 0.2) is 0 Å². The molecule has 4 aromatic rings. The second-order valence-electron chi connectivity index (χ2n) is 10.4. The summed E-state index contributed by atoms with van der Waals surface area (Å²) in [5, 5.41) is 58.3. The number of benzene rings is 2. The van der Waals surface area contributed by atoms with E-state index >= 15 is 0 Å². The zero-order valence-electron chi connectivity index (χ0n) is 23.2. The first-order valence-electron chi connectivity index (χ1n) is 13.6. The highest BCUT2D eigenvalue weighted by molar-refractivity contribution is 6.27. The van der Waals surface area contributed by atoms with Crippen LogP contribution in [0.3, 0.4) is 0 Å². The second kappa shape index (κ2) is 10.2. The number of hydrogen-bond donors (Lipinski definition) is 0. The molecule has 0 fully saturated rings. The van der Waals surface area contributed by atoms with Gasteiger partial charge >= 0.3 is 0 Å². The Kier molecular flexibility index (Phi) is 6.00. The Hall–Kier alpha value is -7.36. The molecular formula is C37H14N8. The molecule has 2 heterocycles. The topological polar surface area (TPSA) is 169 Å². The smallest absolute Gasteiger partial charge is 0.137 e. The molecule has 0 radical (unpaired) electrons. The predicted octanol–water partition coefficient (Wildman–Crippen LogP) is 6.79. The van der Waals surface area contributed by atoms with Crippen LogP contribution in [-0.2, 0) is 0 Å². The number of nitrogens with zero attached hydrogens (tertiary/aromatic N) is 8. The van der Waals surface area contributed by atoms with E-state index in [9.17, 15) is 21.0 Å². The van der Waals surface area contributed by atoms with Gasteiger partial charge < -0.3 is 0 Å². The Balaban J connectivity index is 1.44. The molecule has 7 rings (SSSR count). The molecule has 0 spiro atoms. The van der Waals surface area contributed by atoms with Crippen molar-refractivity contribution in [3.8, 4) is 58.9 Å². The van der Waals surface area contributed by atoms with Crippen molar-refractivity contribution in [1.29, 1.82) is 31.6 Å². The molecule has 2 aromatic carbocycles. The van der Waals surface area contributed by atoms with Crippen molar-refractivity contribution in [1.82, 2.24) is 9.97 Å². The average Bonchev–Trinajstić information content (AvgIpc) is 3.72. The molecule has 3 aliphatic rings. The Labute approximate surface area is 257 Å². The van der Waals surface area contributed by atoms with Crippen molar-refractivity contribution in [2.45, 2.75) is 6.42 Å². The summed E-state index contributed by atoms with van der Waals surface area (Å²) in [4.78, 5) is 8.84. The minimum atomic E-state index is -0.0267. The molecule has 0 saturated heterocycles. The summed E-state index contributed by atoms with van der Waals surface area (Å²) in [6.07, 6.45) is 3.32. The number of pyridine rings is 2. The summed E-state index contributed by atoms with van der Waals surface area (Å²) in [6.45, 7) is 0. The lowest BCUT2D eigenvalue weighted by Gasteiger charge is -2.12. The van der Waals surface area contributed by atoms with Gasteiger partial charge in [0.1, 0.15) is 47.6 Å². The highest BCUT2D eigenvalue weighted by atomic mass is 14.7. The Bertz CT molecular complexity index is 2220.